The van der Waals surface area contributed by atoms with Gasteiger partial charge in [0, 0.05) is 6.54 Å². The summed E-state index contributed by atoms with van der Waals surface area (Å²) >= 11 is 11.6. The molecule has 8 heteroatoms. The van der Waals surface area contributed by atoms with Crippen molar-refractivity contribution in [2.24, 2.45) is 0 Å². The first kappa shape index (κ1) is 16.4. The van der Waals surface area contributed by atoms with E-state index in [1.165, 1.54) is 18.2 Å². The van der Waals surface area contributed by atoms with Crippen LogP contribution in [0.25, 0.3) is 0 Å². The molecular formula is C15H13Cl2NO4S. The minimum absolute atomic E-state index is 0.0811. The molecule has 0 aliphatic carbocycles. The Balaban J connectivity index is 1.64. The van der Waals surface area contributed by atoms with Crippen LogP contribution in [0.4, 0.5) is 0 Å². The second-order valence-electron chi connectivity index (χ2n) is 4.91. The van der Waals surface area contributed by atoms with Gasteiger partial charge in [-0.25, -0.2) is 13.1 Å². The van der Waals surface area contributed by atoms with E-state index in [2.05, 4.69) is 4.72 Å². The van der Waals surface area contributed by atoms with Crippen LogP contribution < -0.4 is 14.2 Å². The van der Waals surface area contributed by atoms with Crippen molar-refractivity contribution in [3.63, 3.8) is 0 Å². The van der Waals surface area contributed by atoms with Crippen molar-refractivity contribution in [3.8, 4) is 11.5 Å². The fourth-order valence-corrected chi connectivity index (χ4v) is 3.57. The van der Waals surface area contributed by atoms with Crippen LogP contribution in [0.5, 0.6) is 11.5 Å². The van der Waals surface area contributed by atoms with Crippen LogP contribution in [-0.2, 0) is 16.4 Å². The molecule has 0 saturated heterocycles. The Labute approximate surface area is 144 Å². The fourth-order valence-electron chi connectivity index (χ4n) is 2.15. The molecule has 0 unspecified atom stereocenters. The fraction of sp³-hybridized carbons (Fsp3) is 0.200. The predicted octanol–water partition coefficient (Wildman–Crippen LogP) is 3.24. The highest BCUT2D eigenvalue weighted by atomic mass is 35.5. The molecule has 0 amide bonds. The molecule has 1 aliphatic heterocycles. The van der Waals surface area contributed by atoms with Gasteiger partial charge in [0.15, 0.2) is 11.5 Å². The van der Waals surface area contributed by atoms with Gasteiger partial charge in [0.1, 0.15) is 0 Å². The Morgan fingerprint density at radius 1 is 1.00 bits per heavy atom. The van der Waals surface area contributed by atoms with Gasteiger partial charge in [0.25, 0.3) is 0 Å². The molecule has 3 rings (SSSR count). The molecule has 1 aliphatic rings. The molecule has 122 valence electrons. The van der Waals surface area contributed by atoms with Crippen LogP contribution in [0.2, 0.25) is 10.0 Å². The summed E-state index contributed by atoms with van der Waals surface area (Å²) in [4.78, 5) is 0.0811. The SMILES string of the molecule is O=S(=O)(NCCc1ccc2c(c1)OCO2)c1ccc(Cl)c(Cl)c1. The van der Waals surface area contributed by atoms with Gasteiger partial charge in [-0.1, -0.05) is 29.3 Å². The molecule has 5 nitrogen and oxygen atoms in total. The van der Waals surface area contributed by atoms with E-state index in [0.29, 0.717) is 22.9 Å². The first-order valence-corrected chi connectivity index (χ1v) is 9.03. The molecule has 0 saturated carbocycles. The van der Waals surface area contributed by atoms with Gasteiger partial charge in [-0.3, -0.25) is 0 Å². The van der Waals surface area contributed by atoms with Gasteiger partial charge in [0.05, 0.1) is 14.9 Å². The topological polar surface area (TPSA) is 64.6 Å². The third-order valence-corrected chi connectivity index (χ3v) is 5.54. The molecular weight excluding hydrogens is 361 g/mol. The zero-order chi connectivity index (χ0) is 16.4. The monoisotopic (exact) mass is 373 g/mol. The number of sulfonamides is 1. The highest BCUT2D eigenvalue weighted by molar-refractivity contribution is 7.89. The molecule has 0 fully saturated rings. The lowest BCUT2D eigenvalue weighted by Gasteiger charge is -2.08. The van der Waals surface area contributed by atoms with E-state index in [0.717, 1.165) is 5.56 Å². The van der Waals surface area contributed by atoms with Gasteiger partial charge in [-0.05, 0) is 42.3 Å². The lowest BCUT2D eigenvalue weighted by molar-refractivity contribution is 0.174. The number of nitrogens with one attached hydrogen (secondary N) is 1. The largest absolute Gasteiger partial charge is 0.454 e. The van der Waals surface area contributed by atoms with E-state index in [1.807, 2.05) is 18.2 Å². The Morgan fingerprint density at radius 2 is 1.78 bits per heavy atom. The summed E-state index contributed by atoms with van der Waals surface area (Å²) in [5, 5.41) is 0.510. The van der Waals surface area contributed by atoms with Gasteiger partial charge >= 0.3 is 0 Å². The normalized spacial score (nSPS) is 13.3. The molecule has 0 aromatic heterocycles. The van der Waals surface area contributed by atoms with Crippen molar-refractivity contribution in [3.05, 3.63) is 52.0 Å². The first-order chi connectivity index (χ1) is 11.0. The smallest absolute Gasteiger partial charge is 0.240 e. The summed E-state index contributed by atoms with van der Waals surface area (Å²) in [6.07, 6.45) is 0.525. The van der Waals surface area contributed by atoms with Gasteiger partial charge in [-0.2, -0.15) is 0 Å². The number of benzene rings is 2. The van der Waals surface area contributed by atoms with E-state index in [1.54, 1.807) is 0 Å². The third kappa shape index (κ3) is 3.72. The molecule has 23 heavy (non-hydrogen) atoms. The summed E-state index contributed by atoms with van der Waals surface area (Å²) in [5.74, 6) is 1.37. The van der Waals surface area contributed by atoms with Crippen molar-refractivity contribution in [2.75, 3.05) is 13.3 Å². The maximum absolute atomic E-state index is 12.2. The molecule has 0 atom stereocenters. The summed E-state index contributed by atoms with van der Waals surface area (Å²) in [7, 11) is -3.63. The first-order valence-electron chi connectivity index (χ1n) is 6.79. The number of fused-ring (bicyclic) bond motifs is 1. The second-order valence-corrected chi connectivity index (χ2v) is 7.49. The number of hydrogen-bond acceptors (Lipinski definition) is 4. The number of halogens is 2. The van der Waals surface area contributed by atoms with Gasteiger partial charge < -0.3 is 9.47 Å². The maximum atomic E-state index is 12.2. The zero-order valence-electron chi connectivity index (χ0n) is 11.9. The molecule has 1 heterocycles. The summed E-state index contributed by atoms with van der Waals surface area (Å²) in [6, 6.07) is 9.72. The third-order valence-electron chi connectivity index (χ3n) is 3.34. The van der Waals surface area contributed by atoms with Crippen molar-refractivity contribution >= 4 is 33.2 Å². The van der Waals surface area contributed by atoms with E-state index in [-0.39, 0.29) is 23.3 Å². The minimum Gasteiger partial charge on any atom is -0.454 e. The Bertz CT molecular complexity index is 839. The van der Waals surface area contributed by atoms with E-state index in [9.17, 15) is 8.42 Å². The Hall–Kier alpha value is -1.47. The lowest BCUT2D eigenvalue weighted by Crippen LogP contribution is -2.26. The second kappa shape index (κ2) is 6.57. The maximum Gasteiger partial charge on any atom is 0.240 e. The molecule has 2 aromatic rings. The van der Waals surface area contributed by atoms with Crippen LogP contribution in [0.15, 0.2) is 41.3 Å². The van der Waals surface area contributed by atoms with Crippen LogP contribution in [-0.4, -0.2) is 21.8 Å². The average Bonchev–Trinajstić information content (AvgIpc) is 2.97. The predicted molar refractivity (Wildman–Crippen MR) is 87.9 cm³/mol. The van der Waals surface area contributed by atoms with E-state index in [4.69, 9.17) is 32.7 Å². The van der Waals surface area contributed by atoms with Crippen molar-refractivity contribution in [1.29, 1.82) is 0 Å². The summed E-state index contributed by atoms with van der Waals surface area (Å²) in [6.45, 7) is 0.463. The lowest BCUT2D eigenvalue weighted by atomic mass is 10.1. The van der Waals surface area contributed by atoms with Crippen molar-refractivity contribution in [2.45, 2.75) is 11.3 Å². The summed E-state index contributed by atoms with van der Waals surface area (Å²) in [5.41, 5.74) is 0.950. The molecule has 0 bridgehead atoms. The van der Waals surface area contributed by atoms with Crippen LogP contribution in [0, 0.1) is 0 Å². The Kier molecular flexibility index (Phi) is 4.68. The molecule has 0 radical (unpaired) electrons. The highest BCUT2D eigenvalue weighted by Gasteiger charge is 2.16. The van der Waals surface area contributed by atoms with Crippen LogP contribution in [0.3, 0.4) is 0 Å². The van der Waals surface area contributed by atoms with Gasteiger partial charge in [0.2, 0.25) is 16.8 Å². The van der Waals surface area contributed by atoms with E-state index >= 15 is 0 Å². The van der Waals surface area contributed by atoms with Crippen molar-refractivity contribution in [1.82, 2.24) is 4.72 Å². The quantitative estimate of drug-likeness (QED) is 0.873. The van der Waals surface area contributed by atoms with Gasteiger partial charge in [-0.15, -0.1) is 0 Å². The average molecular weight is 374 g/mol. The number of rotatable bonds is 5. The minimum atomic E-state index is -3.63. The van der Waals surface area contributed by atoms with Crippen molar-refractivity contribution < 1.29 is 17.9 Å². The summed E-state index contributed by atoms with van der Waals surface area (Å²) < 4.78 is 37.5. The highest BCUT2D eigenvalue weighted by Crippen LogP contribution is 2.32. The van der Waals surface area contributed by atoms with Crippen LogP contribution in [0.1, 0.15) is 5.56 Å². The zero-order valence-corrected chi connectivity index (χ0v) is 14.2. The standard InChI is InChI=1S/C15H13Cl2NO4S/c16-12-3-2-11(8-13(12)17)23(19,20)18-6-5-10-1-4-14-15(7-10)22-9-21-14/h1-4,7-8,18H,5-6,9H2. The molecule has 0 spiro atoms. The molecule has 1 N–H and O–H groups in total. The van der Waals surface area contributed by atoms with E-state index < -0.39 is 10.0 Å². The Morgan fingerprint density at radius 3 is 2.57 bits per heavy atom. The number of ether oxygens (including phenoxy) is 2. The van der Waals surface area contributed by atoms with Crippen LogP contribution >= 0.6 is 23.2 Å². The molecule has 2 aromatic carbocycles. The number of hydrogen-bond donors (Lipinski definition) is 1.